The molecule has 0 aliphatic carbocycles. The van der Waals surface area contributed by atoms with Gasteiger partial charge in [0.2, 0.25) is 5.88 Å². The lowest BCUT2D eigenvalue weighted by molar-refractivity contribution is 0.394. The third-order valence-electron chi connectivity index (χ3n) is 2.63. The first-order valence-electron chi connectivity index (χ1n) is 5.47. The Morgan fingerprint density at radius 3 is 2.67 bits per heavy atom. The maximum atomic E-state index is 8.19. The van der Waals surface area contributed by atoms with Crippen LogP contribution in [0.15, 0.2) is 41.0 Å². The van der Waals surface area contributed by atoms with Gasteiger partial charge in [-0.15, -0.1) is 0 Å². The number of pyridine rings is 1. The second kappa shape index (κ2) is 5.31. The number of ether oxygens (including phenoxy) is 1. The van der Waals surface area contributed by atoms with Crippen LogP contribution in [0.2, 0.25) is 0 Å². The topological polar surface area (TPSA) is 46.0 Å². The highest BCUT2D eigenvalue weighted by Crippen LogP contribution is 2.19. The van der Waals surface area contributed by atoms with Gasteiger partial charge in [-0.2, -0.15) is 0 Å². The van der Waals surface area contributed by atoms with Crippen molar-refractivity contribution in [2.45, 2.75) is 6.92 Å². The molecule has 0 aliphatic rings. The normalized spacial score (nSPS) is 10.2. The number of aromatic nitrogens is 1. The summed E-state index contributed by atoms with van der Waals surface area (Å²) < 4.78 is 6.08. The lowest BCUT2D eigenvalue weighted by atomic mass is 10.0. The van der Waals surface area contributed by atoms with Crippen LogP contribution in [0.5, 0.6) is 5.88 Å². The van der Waals surface area contributed by atoms with E-state index >= 15 is 0 Å². The van der Waals surface area contributed by atoms with Crippen LogP contribution in [-0.4, -0.2) is 17.8 Å². The van der Waals surface area contributed by atoms with Gasteiger partial charge in [0.05, 0.1) is 12.8 Å². The molecule has 1 heterocycles. The number of hydrogen-bond acceptors (Lipinski definition) is 3. The average Bonchev–Trinajstić information content (AvgIpc) is 2.37. The van der Waals surface area contributed by atoms with Gasteiger partial charge in [-0.25, -0.2) is 4.98 Å². The van der Waals surface area contributed by atoms with Crippen LogP contribution < -0.4 is 4.74 Å². The second-order valence-electron chi connectivity index (χ2n) is 3.94. The summed E-state index contributed by atoms with van der Waals surface area (Å²) in [6.07, 6.45) is 1.66. The fourth-order valence-electron chi connectivity index (χ4n) is 1.72. The summed E-state index contributed by atoms with van der Waals surface area (Å²) in [5.41, 5.74) is 3.02. The summed E-state index contributed by atoms with van der Waals surface area (Å²) in [4.78, 5) is 4.19. The third kappa shape index (κ3) is 2.59. The Hall–Kier alpha value is -1.68. The molecule has 1 N–H and O–H groups in total. The van der Waals surface area contributed by atoms with Crippen LogP contribution in [0, 0.1) is 12.3 Å². The Balaban J connectivity index is 2.37. The Bertz CT molecular complexity index is 596. The lowest BCUT2D eigenvalue weighted by Crippen LogP contribution is -2.03. The standard InChI is InChI=1S/C14H13BrN2O/c1-9-6-11(8-17-14(9)18-2)13(16)10-4-3-5-12(15)7-10/h3-8,16H,1-2H3. The van der Waals surface area contributed by atoms with Crippen molar-refractivity contribution in [3.8, 4) is 5.88 Å². The first-order chi connectivity index (χ1) is 8.61. The summed E-state index contributed by atoms with van der Waals surface area (Å²) in [5, 5.41) is 8.19. The SMILES string of the molecule is COc1ncc(C(=N)c2cccc(Br)c2)cc1C. The molecule has 0 spiro atoms. The molecule has 0 unspecified atom stereocenters. The van der Waals surface area contributed by atoms with Crippen molar-refractivity contribution < 1.29 is 4.74 Å². The van der Waals surface area contributed by atoms with Gasteiger partial charge in [0.25, 0.3) is 0 Å². The highest BCUT2D eigenvalue weighted by molar-refractivity contribution is 9.10. The molecule has 1 aromatic heterocycles. The van der Waals surface area contributed by atoms with Gasteiger partial charge in [0.15, 0.2) is 0 Å². The molecule has 18 heavy (non-hydrogen) atoms. The number of methoxy groups -OCH3 is 1. The zero-order valence-corrected chi connectivity index (χ0v) is 11.8. The molecular formula is C14H13BrN2O. The van der Waals surface area contributed by atoms with Crippen molar-refractivity contribution in [1.29, 1.82) is 5.41 Å². The molecule has 0 amide bonds. The van der Waals surface area contributed by atoms with Crippen LogP contribution in [-0.2, 0) is 0 Å². The van der Waals surface area contributed by atoms with E-state index in [0.717, 1.165) is 21.2 Å². The summed E-state index contributed by atoms with van der Waals surface area (Å²) >= 11 is 3.41. The fraction of sp³-hybridized carbons (Fsp3) is 0.143. The Labute approximate surface area is 114 Å². The van der Waals surface area contributed by atoms with Crippen molar-refractivity contribution >= 4 is 21.6 Å². The van der Waals surface area contributed by atoms with Crippen molar-refractivity contribution in [3.05, 3.63) is 57.7 Å². The van der Waals surface area contributed by atoms with E-state index in [0.29, 0.717) is 11.6 Å². The zero-order chi connectivity index (χ0) is 13.1. The van der Waals surface area contributed by atoms with Gasteiger partial charge in [0.1, 0.15) is 0 Å². The molecule has 2 aromatic rings. The minimum atomic E-state index is 0.453. The molecule has 2 rings (SSSR count). The first kappa shape index (κ1) is 12.8. The minimum Gasteiger partial charge on any atom is -0.481 e. The maximum Gasteiger partial charge on any atom is 0.215 e. The second-order valence-corrected chi connectivity index (χ2v) is 4.85. The van der Waals surface area contributed by atoms with Crippen LogP contribution in [0.4, 0.5) is 0 Å². The molecule has 0 radical (unpaired) electrons. The minimum absolute atomic E-state index is 0.453. The molecule has 0 fully saturated rings. The van der Waals surface area contributed by atoms with E-state index in [1.54, 1.807) is 13.3 Å². The molecule has 1 aromatic carbocycles. The molecule has 3 nitrogen and oxygen atoms in total. The van der Waals surface area contributed by atoms with E-state index < -0.39 is 0 Å². The van der Waals surface area contributed by atoms with Crippen molar-refractivity contribution in [1.82, 2.24) is 4.98 Å². The molecule has 92 valence electrons. The third-order valence-corrected chi connectivity index (χ3v) is 3.12. The van der Waals surface area contributed by atoms with Gasteiger partial charge in [-0.1, -0.05) is 28.1 Å². The first-order valence-corrected chi connectivity index (χ1v) is 6.26. The van der Waals surface area contributed by atoms with Gasteiger partial charge in [0, 0.05) is 27.4 Å². The largest absolute Gasteiger partial charge is 0.481 e. The van der Waals surface area contributed by atoms with E-state index in [4.69, 9.17) is 10.1 Å². The van der Waals surface area contributed by atoms with Crippen LogP contribution in [0.25, 0.3) is 0 Å². The van der Waals surface area contributed by atoms with Gasteiger partial charge < -0.3 is 4.74 Å². The van der Waals surface area contributed by atoms with Crippen molar-refractivity contribution in [2.75, 3.05) is 7.11 Å². The van der Waals surface area contributed by atoms with E-state index in [1.807, 2.05) is 37.3 Å². The molecule has 0 saturated heterocycles. The van der Waals surface area contributed by atoms with E-state index in [1.165, 1.54) is 0 Å². The van der Waals surface area contributed by atoms with Gasteiger partial charge in [-0.05, 0) is 25.1 Å². The van der Waals surface area contributed by atoms with Gasteiger partial charge >= 0.3 is 0 Å². The number of benzene rings is 1. The number of nitrogens with zero attached hydrogens (tertiary/aromatic N) is 1. The quantitative estimate of drug-likeness (QED) is 0.881. The fourth-order valence-corrected chi connectivity index (χ4v) is 2.12. The predicted octanol–water partition coefficient (Wildman–Crippen LogP) is 3.58. The van der Waals surface area contributed by atoms with Crippen LogP contribution in [0.3, 0.4) is 0 Å². The molecule has 0 bridgehead atoms. The molecule has 4 heteroatoms. The van der Waals surface area contributed by atoms with E-state index in [9.17, 15) is 0 Å². The predicted molar refractivity (Wildman–Crippen MR) is 75.6 cm³/mol. The number of aryl methyl sites for hydroxylation is 1. The number of nitrogens with one attached hydrogen (secondary N) is 1. The molecule has 0 aliphatic heterocycles. The highest BCUT2D eigenvalue weighted by Gasteiger charge is 2.08. The average molecular weight is 305 g/mol. The monoisotopic (exact) mass is 304 g/mol. The van der Waals surface area contributed by atoms with Gasteiger partial charge in [-0.3, -0.25) is 5.41 Å². The number of rotatable bonds is 3. The molecule has 0 atom stereocenters. The van der Waals surface area contributed by atoms with E-state index in [2.05, 4.69) is 20.9 Å². The van der Waals surface area contributed by atoms with Crippen molar-refractivity contribution in [3.63, 3.8) is 0 Å². The maximum absolute atomic E-state index is 8.19. The van der Waals surface area contributed by atoms with Crippen LogP contribution in [0.1, 0.15) is 16.7 Å². The summed E-state index contributed by atoms with van der Waals surface area (Å²) in [6, 6.07) is 9.59. The summed E-state index contributed by atoms with van der Waals surface area (Å²) in [7, 11) is 1.59. The Morgan fingerprint density at radius 2 is 2.06 bits per heavy atom. The lowest BCUT2D eigenvalue weighted by Gasteiger charge is -2.08. The smallest absolute Gasteiger partial charge is 0.215 e. The number of hydrogen-bond donors (Lipinski definition) is 1. The van der Waals surface area contributed by atoms with Crippen molar-refractivity contribution in [2.24, 2.45) is 0 Å². The van der Waals surface area contributed by atoms with E-state index in [-0.39, 0.29) is 0 Å². The summed E-state index contributed by atoms with van der Waals surface area (Å²) in [6.45, 7) is 1.92. The molecular weight excluding hydrogens is 292 g/mol. The number of halogens is 1. The molecule has 0 saturated carbocycles. The highest BCUT2D eigenvalue weighted by atomic mass is 79.9. The zero-order valence-electron chi connectivity index (χ0n) is 10.2. The Morgan fingerprint density at radius 1 is 1.28 bits per heavy atom. The summed E-state index contributed by atoms with van der Waals surface area (Å²) in [5.74, 6) is 0.598. The Kier molecular flexibility index (Phi) is 3.77. The van der Waals surface area contributed by atoms with Crippen LogP contribution >= 0.6 is 15.9 Å².